The Balaban J connectivity index is 1.86. The second-order valence-electron chi connectivity index (χ2n) is 4.17. The molecule has 100 valence electrons. The monoisotopic (exact) mass is 282 g/mol. The molecule has 2 aromatic carbocycles. The molecule has 0 aromatic heterocycles. The van der Waals surface area contributed by atoms with Crippen LogP contribution in [0.4, 0.5) is 0 Å². The summed E-state index contributed by atoms with van der Waals surface area (Å²) in [5.74, 6) is 6.13. The Morgan fingerprint density at radius 3 is 2.40 bits per heavy atom. The molecule has 0 unspecified atom stereocenters. The van der Waals surface area contributed by atoms with Crippen LogP contribution in [0.5, 0.6) is 0 Å². The molecule has 0 spiro atoms. The summed E-state index contributed by atoms with van der Waals surface area (Å²) in [5, 5.41) is 8.69. The van der Waals surface area contributed by atoms with Gasteiger partial charge in [0.05, 0.1) is 12.2 Å². The van der Waals surface area contributed by atoms with E-state index in [9.17, 15) is 4.79 Å². The summed E-state index contributed by atoms with van der Waals surface area (Å²) in [6, 6.07) is 17.5. The Hall–Kier alpha value is -2.18. The lowest BCUT2D eigenvalue weighted by atomic mass is 10.2. The smallest absolute Gasteiger partial charge is 0.307 e. The second-order valence-corrected chi connectivity index (χ2v) is 5.22. The second kappa shape index (κ2) is 7.42. The molecular formula is C17H14O2S. The van der Waals surface area contributed by atoms with Crippen molar-refractivity contribution < 1.29 is 9.90 Å². The molecule has 0 amide bonds. The third-order valence-electron chi connectivity index (χ3n) is 2.60. The predicted octanol–water partition coefficient (Wildman–Crippen LogP) is 3.46. The van der Waals surface area contributed by atoms with Crippen molar-refractivity contribution in [3.05, 3.63) is 65.7 Å². The van der Waals surface area contributed by atoms with Crippen molar-refractivity contribution in [3.8, 4) is 11.8 Å². The van der Waals surface area contributed by atoms with E-state index in [0.29, 0.717) is 5.75 Å². The SMILES string of the molecule is O=C(O)Cc1ccc(SCC#Cc2ccccc2)cc1. The third-order valence-corrected chi connectivity index (χ3v) is 3.49. The van der Waals surface area contributed by atoms with E-state index in [2.05, 4.69) is 11.8 Å². The third kappa shape index (κ3) is 4.83. The first-order chi connectivity index (χ1) is 9.74. The van der Waals surface area contributed by atoms with E-state index in [-0.39, 0.29) is 6.42 Å². The summed E-state index contributed by atoms with van der Waals surface area (Å²) >= 11 is 1.65. The minimum atomic E-state index is -0.806. The van der Waals surface area contributed by atoms with E-state index >= 15 is 0 Å². The van der Waals surface area contributed by atoms with Crippen molar-refractivity contribution in [2.24, 2.45) is 0 Å². The van der Waals surface area contributed by atoms with Crippen LogP contribution >= 0.6 is 11.8 Å². The molecule has 0 saturated heterocycles. The lowest BCUT2D eigenvalue weighted by molar-refractivity contribution is -0.136. The molecule has 0 aliphatic carbocycles. The molecule has 2 rings (SSSR count). The molecule has 1 N–H and O–H groups in total. The van der Waals surface area contributed by atoms with Gasteiger partial charge in [0.25, 0.3) is 0 Å². The van der Waals surface area contributed by atoms with E-state index in [1.807, 2.05) is 54.6 Å². The molecule has 0 aliphatic heterocycles. The van der Waals surface area contributed by atoms with Crippen molar-refractivity contribution in [2.45, 2.75) is 11.3 Å². The lowest BCUT2D eigenvalue weighted by Crippen LogP contribution is -1.99. The van der Waals surface area contributed by atoms with Gasteiger partial charge in [-0.25, -0.2) is 0 Å². The molecule has 0 bridgehead atoms. The molecule has 0 heterocycles. The molecule has 0 radical (unpaired) electrons. The number of thioether (sulfide) groups is 1. The number of rotatable bonds is 4. The fraction of sp³-hybridized carbons (Fsp3) is 0.118. The molecule has 3 heteroatoms. The first kappa shape index (κ1) is 14.2. The van der Waals surface area contributed by atoms with Crippen molar-refractivity contribution in [1.29, 1.82) is 0 Å². The van der Waals surface area contributed by atoms with Gasteiger partial charge in [0.15, 0.2) is 0 Å². The molecule has 0 saturated carbocycles. The molecule has 0 fully saturated rings. The van der Waals surface area contributed by atoms with Crippen LogP contribution < -0.4 is 0 Å². The minimum absolute atomic E-state index is 0.0682. The molecule has 0 atom stereocenters. The van der Waals surface area contributed by atoms with E-state index in [1.165, 1.54) is 0 Å². The molecule has 2 nitrogen and oxygen atoms in total. The highest BCUT2D eigenvalue weighted by molar-refractivity contribution is 7.99. The lowest BCUT2D eigenvalue weighted by Gasteiger charge is -2.00. The number of aliphatic carboxylic acids is 1. The maximum absolute atomic E-state index is 10.6. The Morgan fingerprint density at radius 1 is 1.05 bits per heavy atom. The van der Waals surface area contributed by atoms with Gasteiger partial charge in [-0.15, -0.1) is 11.8 Å². The largest absolute Gasteiger partial charge is 0.481 e. The fourth-order valence-electron chi connectivity index (χ4n) is 1.66. The maximum Gasteiger partial charge on any atom is 0.307 e. The summed E-state index contributed by atoms with van der Waals surface area (Å²) in [5.41, 5.74) is 1.84. The van der Waals surface area contributed by atoms with Gasteiger partial charge in [-0.2, -0.15) is 0 Å². The van der Waals surface area contributed by atoms with Crippen LogP contribution in [0.2, 0.25) is 0 Å². The van der Waals surface area contributed by atoms with Gasteiger partial charge in [-0.05, 0) is 29.8 Å². The molecule has 20 heavy (non-hydrogen) atoms. The number of hydrogen-bond donors (Lipinski definition) is 1. The Kier molecular flexibility index (Phi) is 5.28. The summed E-state index contributed by atoms with van der Waals surface area (Å²) < 4.78 is 0. The Labute approximate surface area is 122 Å². The molecule has 2 aromatic rings. The highest BCUT2D eigenvalue weighted by atomic mass is 32.2. The average Bonchev–Trinajstić information content (AvgIpc) is 2.46. The quantitative estimate of drug-likeness (QED) is 0.689. The zero-order valence-electron chi connectivity index (χ0n) is 10.9. The number of benzene rings is 2. The Bertz CT molecular complexity index is 622. The number of carboxylic acids is 1. The normalized spacial score (nSPS) is 9.60. The van der Waals surface area contributed by atoms with E-state index in [0.717, 1.165) is 16.0 Å². The van der Waals surface area contributed by atoms with E-state index < -0.39 is 5.97 Å². The van der Waals surface area contributed by atoms with Gasteiger partial charge in [-0.3, -0.25) is 4.79 Å². The van der Waals surface area contributed by atoms with Gasteiger partial charge < -0.3 is 5.11 Å². The summed E-state index contributed by atoms with van der Waals surface area (Å²) in [4.78, 5) is 11.7. The summed E-state index contributed by atoms with van der Waals surface area (Å²) in [6.07, 6.45) is 0.0682. The van der Waals surface area contributed by atoms with Crippen molar-refractivity contribution >= 4 is 17.7 Å². The highest BCUT2D eigenvalue weighted by Gasteiger charge is 2.00. The fourth-order valence-corrected chi connectivity index (χ4v) is 2.30. The van der Waals surface area contributed by atoms with E-state index in [4.69, 9.17) is 5.11 Å². The average molecular weight is 282 g/mol. The topological polar surface area (TPSA) is 37.3 Å². The Morgan fingerprint density at radius 2 is 1.75 bits per heavy atom. The number of carboxylic acid groups (broad SMARTS) is 1. The zero-order valence-corrected chi connectivity index (χ0v) is 11.7. The van der Waals surface area contributed by atoms with Gasteiger partial charge in [0, 0.05) is 10.5 Å². The maximum atomic E-state index is 10.6. The summed E-state index contributed by atoms with van der Waals surface area (Å²) in [6.45, 7) is 0. The van der Waals surface area contributed by atoms with Crippen LogP contribution in [-0.4, -0.2) is 16.8 Å². The zero-order chi connectivity index (χ0) is 14.2. The summed E-state index contributed by atoms with van der Waals surface area (Å²) in [7, 11) is 0. The van der Waals surface area contributed by atoms with Crippen LogP contribution in [-0.2, 0) is 11.2 Å². The van der Waals surface area contributed by atoms with Crippen LogP contribution in [0, 0.1) is 11.8 Å². The number of carbonyl (C=O) groups is 1. The van der Waals surface area contributed by atoms with Gasteiger partial charge in [-0.1, -0.05) is 42.2 Å². The molecule has 0 aliphatic rings. The number of hydrogen-bond acceptors (Lipinski definition) is 2. The van der Waals surface area contributed by atoms with Crippen LogP contribution in [0.3, 0.4) is 0 Å². The minimum Gasteiger partial charge on any atom is -0.481 e. The highest BCUT2D eigenvalue weighted by Crippen LogP contribution is 2.18. The van der Waals surface area contributed by atoms with Crippen molar-refractivity contribution in [3.63, 3.8) is 0 Å². The molecular weight excluding hydrogens is 268 g/mol. The van der Waals surface area contributed by atoms with Crippen molar-refractivity contribution in [1.82, 2.24) is 0 Å². The first-order valence-electron chi connectivity index (χ1n) is 6.21. The van der Waals surface area contributed by atoms with Crippen LogP contribution in [0.1, 0.15) is 11.1 Å². The standard InChI is InChI=1S/C17H14O2S/c18-17(19)13-15-8-10-16(11-9-15)20-12-4-7-14-5-2-1-3-6-14/h1-3,5-6,8-11H,12-13H2,(H,18,19). The van der Waals surface area contributed by atoms with Crippen molar-refractivity contribution in [2.75, 3.05) is 5.75 Å². The van der Waals surface area contributed by atoms with Crippen LogP contribution in [0.25, 0.3) is 0 Å². The van der Waals surface area contributed by atoms with Gasteiger partial charge >= 0.3 is 5.97 Å². The van der Waals surface area contributed by atoms with Gasteiger partial charge in [0.2, 0.25) is 0 Å². The first-order valence-corrected chi connectivity index (χ1v) is 7.20. The van der Waals surface area contributed by atoms with Gasteiger partial charge in [0.1, 0.15) is 0 Å². The van der Waals surface area contributed by atoms with Crippen LogP contribution in [0.15, 0.2) is 59.5 Å². The predicted molar refractivity (Wildman–Crippen MR) is 81.8 cm³/mol. The van der Waals surface area contributed by atoms with E-state index in [1.54, 1.807) is 11.8 Å².